The molecule has 162 valence electrons. The average Bonchev–Trinajstić information content (AvgIpc) is 3.18. The van der Waals surface area contributed by atoms with Crippen LogP contribution < -0.4 is 10.6 Å². The Labute approximate surface area is 186 Å². The molecule has 0 spiro atoms. The van der Waals surface area contributed by atoms with Crippen LogP contribution in [0.15, 0.2) is 52.1 Å². The van der Waals surface area contributed by atoms with Gasteiger partial charge < -0.3 is 19.8 Å². The van der Waals surface area contributed by atoms with Crippen LogP contribution in [0.25, 0.3) is 0 Å². The van der Waals surface area contributed by atoms with E-state index in [2.05, 4.69) is 15.6 Å². The van der Waals surface area contributed by atoms with Crippen LogP contribution in [0.3, 0.4) is 0 Å². The fourth-order valence-electron chi connectivity index (χ4n) is 2.53. The molecule has 0 atom stereocenters. The van der Waals surface area contributed by atoms with Crippen LogP contribution >= 0.6 is 24.0 Å². The fourth-order valence-corrected chi connectivity index (χ4v) is 2.53. The first-order valence-electron chi connectivity index (χ1n) is 9.18. The zero-order chi connectivity index (χ0) is 20.2. The van der Waals surface area contributed by atoms with Gasteiger partial charge in [-0.25, -0.2) is 4.99 Å². The molecular formula is C20H27F3IN3O2. The van der Waals surface area contributed by atoms with Gasteiger partial charge in [-0.15, -0.1) is 24.0 Å². The van der Waals surface area contributed by atoms with Gasteiger partial charge in [0.05, 0.1) is 18.4 Å². The van der Waals surface area contributed by atoms with Crippen LogP contribution in [0.4, 0.5) is 13.2 Å². The minimum absolute atomic E-state index is 0. The van der Waals surface area contributed by atoms with Crippen molar-refractivity contribution in [3.63, 3.8) is 0 Å². The van der Waals surface area contributed by atoms with E-state index in [0.29, 0.717) is 37.6 Å². The highest BCUT2D eigenvalue weighted by atomic mass is 127. The standard InChI is InChI=1S/C20H26F3N3O2.HI/c1-27-12-3-2-10-24-19(25-11-9-18-8-5-13-28-18)26-15-16-6-4-7-17(14-16)20(21,22)23;/h4-8,13-14H,2-3,9-12,15H2,1H3,(H2,24,25,26);1H. The van der Waals surface area contributed by atoms with Gasteiger partial charge in [-0.05, 0) is 42.7 Å². The number of rotatable bonds is 10. The van der Waals surface area contributed by atoms with Crippen molar-refractivity contribution in [2.75, 3.05) is 26.8 Å². The summed E-state index contributed by atoms with van der Waals surface area (Å²) in [5.41, 5.74) is -0.165. The predicted molar refractivity (Wildman–Crippen MR) is 118 cm³/mol. The first-order valence-corrected chi connectivity index (χ1v) is 9.18. The van der Waals surface area contributed by atoms with Gasteiger partial charge in [0, 0.05) is 33.2 Å². The lowest BCUT2D eigenvalue weighted by atomic mass is 10.1. The normalized spacial score (nSPS) is 11.8. The third kappa shape index (κ3) is 10.0. The third-order valence-electron chi connectivity index (χ3n) is 3.99. The Kier molecular flexibility index (Phi) is 11.7. The number of benzene rings is 1. The molecule has 0 aliphatic heterocycles. The van der Waals surface area contributed by atoms with Gasteiger partial charge in [-0.3, -0.25) is 0 Å². The Morgan fingerprint density at radius 3 is 2.59 bits per heavy atom. The molecule has 1 heterocycles. The molecule has 0 fully saturated rings. The van der Waals surface area contributed by atoms with Gasteiger partial charge >= 0.3 is 6.18 Å². The molecular weight excluding hydrogens is 498 g/mol. The van der Waals surface area contributed by atoms with Gasteiger partial charge in [0.15, 0.2) is 5.96 Å². The first kappa shape index (κ1) is 25.3. The van der Waals surface area contributed by atoms with E-state index in [4.69, 9.17) is 9.15 Å². The van der Waals surface area contributed by atoms with Crippen LogP contribution in [-0.2, 0) is 23.9 Å². The number of halogens is 4. The van der Waals surface area contributed by atoms with Crippen LogP contribution in [0.1, 0.15) is 29.7 Å². The number of hydrogen-bond acceptors (Lipinski definition) is 3. The summed E-state index contributed by atoms with van der Waals surface area (Å²) in [7, 11) is 1.66. The maximum atomic E-state index is 12.9. The Balaban J connectivity index is 0.00000420. The van der Waals surface area contributed by atoms with Crippen molar-refractivity contribution in [1.29, 1.82) is 0 Å². The summed E-state index contributed by atoms with van der Waals surface area (Å²) in [6, 6.07) is 8.94. The molecule has 1 aromatic carbocycles. The zero-order valence-electron chi connectivity index (χ0n) is 16.3. The summed E-state index contributed by atoms with van der Waals surface area (Å²) >= 11 is 0. The summed E-state index contributed by atoms with van der Waals surface area (Å²) in [4.78, 5) is 4.42. The fraction of sp³-hybridized carbons (Fsp3) is 0.450. The lowest BCUT2D eigenvalue weighted by Crippen LogP contribution is -2.39. The molecule has 0 saturated carbocycles. The second-order valence-electron chi connectivity index (χ2n) is 6.25. The van der Waals surface area contributed by atoms with E-state index in [1.54, 1.807) is 19.4 Å². The Bertz CT molecular complexity index is 722. The van der Waals surface area contributed by atoms with E-state index in [9.17, 15) is 13.2 Å². The van der Waals surface area contributed by atoms with E-state index in [1.165, 1.54) is 6.07 Å². The number of hydrogen-bond donors (Lipinski definition) is 2. The summed E-state index contributed by atoms with van der Waals surface area (Å²) in [5, 5.41) is 6.39. The maximum Gasteiger partial charge on any atom is 0.416 e. The number of furan rings is 1. The lowest BCUT2D eigenvalue weighted by Gasteiger charge is -2.13. The highest BCUT2D eigenvalue weighted by molar-refractivity contribution is 14.0. The quantitative estimate of drug-likeness (QED) is 0.206. The molecule has 0 unspecified atom stereocenters. The van der Waals surface area contributed by atoms with Crippen molar-refractivity contribution < 1.29 is 22.3 Å². The summed E-state index contributed by atoms with van der Waals surface area (Å²) < 4.78 is 48.9. The largest absolute Gasteiger partial charge is 0.469 e. The number of unbranched alkanes of at least 4 members (excludes halogenated alkanes) is 1. The molecule has 5 nitrogen and oxygen atoms in total. The van der Waals surface area contributed by atoms with Gasteiger partial charge in [0.1, 0.15) is 5.76 Å². The van der Waals surface area contributed by atoms with Crippen molar-refractivity contribution in [3.05, 3.63) is 59.5 Å². The number of methoxy groups -OCH3 is 1. The Morgan fingerprint density at radius 2 is 1.90 bits per heavy atom. The molecule has 0 saturated heterocycles. The van der Waals surface area contributed by atoms with Crippen LogP contribution in [0, 0.1) is 0 Å². The van der Waals surface area contributed by atoms with E-state index >= 15 is 0 Å². The van der Waals surface area contributed by atoms with Gasteiger partial charge in [-0.1, -0.05) is 12.1 Å². The molecule has 1 aromatic heterocycles. The molecule has 0 amide bonds. The Morgan fingerprint density at radius 1 is 1.10 bits per heavy atom. The van der Waals surface area contributed by atoms with E-state index in [1.807, 2.05) is 12.1 Å². The van der Waals surface area contributed by atoms with Crippen molar-refractivity contribution in [1.82, 2.24) is 10.6 Å². The molecule has 0 bridgehead atoms. The summed E-state index contributed by atoms with van der Waals surface area (Å²) in [5.74, 6) is 1.41. The van der Waals surface area contributed by atoms with E-state index in [0.717, 1.165) is 30.7 Å². The molecule has 2 aromatic rings. The number of nitrogens with one attached hydrogen (secondary N) is 2. The van der Waals surface area contributed by atoms with Crippen LogP contribution in [0.2, 0.25) is 0 Å². The first-order chi connectivity index (χ1) is 13.5. The molecule has 2 N–H and O–H groups in total. The summed E-state index contributed by atoms with van der Waals surface area (Å²) in [6.07, 6.45) is -0.247. The highest BCUT2D eigenvalue weighted by Gasteiger charge is 2.30. The lowest BCUT2D eigenvalue weighted by molar-refractivity contribution is -0.137. The number of aliphatic imine (C=N–C) groups is 1. The molecule has 9 heteroatoms. The molecule has 0 aliphatic rings. The van der Waals surface area contributed by atoms with Crippen LogP contribution in [0.5, 0.6) is 0 Å². The summed E-state index contributed by atoms with van der Waals surface area (Å²) in [6.45, 7) is 2.13. The average molecular weight is 525 g/mol. The predicted octanol–water partition coefficient (Wildman–Crippen LogP) is 4.62. The number of guanidine groups is 1. The number of ether oxygens (including phenoxy) is 1. The van der Waals surface area contributed by atoms with Crippen molar-refractivity contribution in [2.45, 2.75) is 32.0 Å². The minimum Gasteiger partial charge on any atom is -0.469 e. The minimum atomic E-state index is -4.36. The maximum absolute atomic E-state index is 12.9. The van der Waals surface area contributed by atoms with E-state index in [-0.39, 0.29) is 30.5 Å². The van der Waals surface area contributed by atoms with Gasteiger partial charge in [0.2, 0.25) is 0 Å². The van der Waals surface area contributed by atoms with Gasteiger partial charge in [0.25, 0.3) is 0 Å². The SMILES string of the molecule is COCCCCNC(=NCc1cccc(C(F)(F)F)c1)NCCc1ccco1.I. The molecule has 2 rings (SSSR count). The van der Waals surface area contributed by atoms with Gasteiger partial charge in [-0.2, -0.15) is 13.2 Å². The van der Waals surface area contributed by atoms with E-state index < -0.39 is 11.7 Å². The smallest absolute Gasteiger partial charge is 0.416 e. The Hall–Kier alpha value is -1.75. The number of alkyl halides is 3. The zero-order valence-corrected chi connectivity index (χ0v) is 18.6. The van der Waals surface area contributed by atoms with Crippen molar-refractivity contribution in [2.24, 2.45) is 4.99 Å². The third-order valence-corrected chi connectivity index (χ3v) is 3.99. The highest BCUT2D eigenvalue weighted by Crippen LogP contribution is 2.29. The topological polar surface area (TPSA) is 58.8 Å². The van der Waals surface area contributed by atoms with Crippen molar-refractivity contribution >= 4 is 29.9 Å². The molecule has 0 aliphatic carbocycles. The second-order valence-corrected chi connectivity index (χ2v) is 6.25. The second kappa shape index (κ2) is 13.5. The molecule has 29 heavy (non-hydrogen) atoms. The monoisotopic (exact) mass is 525 g/mol. The van der Waals surface area contributed by atoms with Crippen LogP contribution in [-0.4, -0.2) is 32.8 Å². The van der Waals surface area contributed by atoms with Crippen molar-refractivity contribution in [3.8, 4) is 0 Å². The number of nitrogens with zero attached hydrogens (tertiary/aromatic N) is 1. The molecule has 0 radical (unpaired) electrons.